The monoisotopic (exact) mass is 390 g/mol. The molecule has 144 valence electrons. The molecule has 2 atom stereocenters. The highest BCUT2D eigenvalue weighted by Gasteiger charge is 2.42. The normalized spacial score (nSPS) is 30.7. The van der Waals surface area contributed by atoms with E-state index >= 15 is 0 Å². The number of carbonyl (C=O) groups is 1. The van der Waals surface area contributed by atoms with E-state index in [1.165, 1.54) is 6.08 Å². The first-order valence-electron chi connectivity index (χ1n) is 8.60. The molecule has 0 radical (unpaired) electrons. The molecular weight excluding hydrogens is 369 g/mol. The van der Waals surface area contributed by atoms with Crippen LogP contribution in [0.4, 0.5) is 13.2 Å². The Balaban J connectivity index is 2.01. The number of ether oxygens (including phenoxy) is 1. The molecular formula is C18H21F3O4S. The third-order valence-electron chi connectivity index (χ3n) is 5.09. The summed E-state index contributed by atoms with van der Waals surface area (Å²) < 4.78 is 71.6. The van der Waals surface area contributed by atoms with Gasteiger partial charge in [-0.2, -0.15) is 13.2 Å². The number of hydrogen-bond donors (Lipinski definition) is 0. The first-order valence-corrected chi connectivity index (χ1v) is 10.1. The minimum Gasteiger partial charge on any atom is -0.375 e. The van der Waals surface area contributed by atoms with Crippen LogP contribution in [0.15, 0.2) is 33.8 Å². The first kappa shape index (κ1) is 19.4. The second kappa shape index (κ2) is 6.64. The van der Waals surface area contributed by atoms with E-state index in [1.54, 1.807) is 13.8 Å². The predicted octanol–water partition coefficient (Wildman–Crippen LogP) is 3.79. The molecule has 1 heterocycles. The van der Waals surface area contributed by atoms with Crippen LogP contribution >= 0.6 is 0 Å². The van der Waals surface area contributed by atoms with Gasteiger partial charge in [-0.25, -0.2) is 8.42 Å². The molecule has 1 fully saturated rings. The van der Waals surface area contributed by atoms with Gasteiger partial charge >= 0.3 is 6.18 Å². The summed E-state index contributed by atoms with van der Waals surface area (Å²) in [6.07, 6.45) is -2.60. The zero-order valence-electron chi connectivity index (χ0n) is 14.6. The molecule has 0 saturated carbocycles. The summed E-state index contributed by atoms with van der Waals surface area (Å²) in [7, 11) is -3.73. The van der Waals surface area contributed by atoms with Crippen LogP contribution in [-0.2, 0) is 19.4 Å². The number of ketones is 1. The molecule has 0 amide bonds. The van der Waals surface area contributed by atoms with Gasteiger partial charge in [0.2, 0.25) is 0 Å². The summed E-state index contributed by atoms with van der Waals surface area (Å²) in [6.45, 7) is 3.59. The molecule has 3 rings (SSSR count). The van der Waals surface area contributed by atoms with Crippen molar-refractivity contribution in [3.05, 3.63) is 33.8 Å². The van der Waals surface area contributed by atoms with Gasteiger partial charge in [-0.3, -0.25) is 4.79 Å². The highest BCUT2D eigenvalue weighted by atomic mass is 32.2. The van der Waals surface area contributed by atoms with Crippen molar-refractivity contribution in [1.82, 2.24) is 0 Å². The zero-order chi connectivity index (χ0) is 19.3. The number of hydrogen-bond acceptors (Lipinski definition) is 4. The van der Waals surface area contributed by atoms with Crippen molar-refractivity contribution in [2.24, 2.45) is 0 Å². The van der Waals surface area contributed by atoms with Crippen molar-refractivity contribution in [3.63, 3.8) is 0 Å². The number of allylic oxidation sites excluding steroid dienone is 6. The maximum atomic E-state index is 13.3. The highest BCUT2D eigenvalue weighted by Crippen LogP contribution is 2.43. The molecule has 0 bridgehead atoms. The van der Waals surface area contributed by atoms with Crippen LogP contribution in [0.25, 0.3) is 0 Å². The zero-order valence-corrected chi connectivity index (χ0v) is 15.4. The molecule has 0 N–H and O–H groups in total. The van der Waals surface area contributed by atoms with Gasteiger partial charge in [0.25, 0.3) is 0 Å². The standard InChI is InChI=1S/C18H21F3O4S/c1-10-5-15(6-11(2)25-10)26(23,24)14-4-3-12-7-13(22)8-17(16(12)9-14)18(19,20)21/h3,9-11,15H,4-8H2,1-2H3. The highest BCUT2D eigenvalue weighted by molar-refractivity contribution is 7.95. The average molecular weight is 390 g/mol. The van der Waals surface area contributed by atoms with Gasteiger partial charge in [0, 0.05) is 29.7 Å². The fraction of sp³-hybridized carbons (Fsp3) is 0.611. The van der Waals surface area contributed by atoms with Crippen LogP contribution in [0.2, 0.25) is 0 Å². The molecule has 0 aromatic rings. The first-order chi connectivity index (χ1) is 12.0. The van der Waals surface area contributed by atoms with Crippen molar-refractivity contribution in [1.29, 1.82) is 0 Å². The maximum Gasteiger partial charge on any atom is 0.413 e. The summed E-state index contributed by atoms with van der Waals surface area (Å²) in [5.41, 5.74) is -0.808. The second-order valence-corrected chi connectivity index (χ2v) is 9.50. The van der Waals surface area contributed by atoms with Gasteiger partial charge in [-0.1, -0.05) is 6.08 Å². The van der Waals surface area contributed by atoms with E-state index < -0.39 is 39.0 Å². The topological polar surface area (TPSA) is 60.4 Å². The molecule has 1 saturated heterocycles. The largest absolute Gasteiger partial charge is 0.413 e. The van der Waals surface area contributed by atoms with E-state index in [9.17, 15) is 26.4 Å². The Kier molecular flexibility index (Phi) is 4.94. The number of Topliss-reactive ketones (excluding diaryl/α,β-unsaturated/α-hetero) is 1. The smallest absolute Gasteiger partial charge is 0.375 e. The lowest BCUT2D eigenvalue weighted by atomic mass is 9.83. The number of fused-ring (bicyclic) bond motifs is 1. The van der Waals surface area contributed by atoms with Crippen molar-refractivity contribution in [2.75, 3.05) is 0 Å². The van der Waals surface area contributed by atoms with Crippen molar-refractivity contribution >= 4 is 15.6 Å². The third kappa shape index (κ3) is 3.67. The van der Waals surface area contributed by atoms with Gasteiger partial charge in [0.1, 0.15) is 5.78 Å². The average Bonchev–Trinajstić information content (AvgIpc) is 2.51. The quantitative estimate of drug-likeness (QED) is 0.720. The van der Waals surface area contributed by atoms with Crippen molar-refractivity contribution in [2.45, 2.75) is 69.6 Å². The second-order valence-electron chi connectivity index (χ2n) is 7.22. The lowest BCUT2D eigenvalue weighted by Gasteiger charge is -2.33. The number of halogens is 3. The molecule has 1 aliphatic heterocycles. The van der Waals surface area contributed by atoms with Gasteiger partial charge in [0.15, 0.2) is 9.84 Å². The Morgan fingerprint density at radius 1 is 1.12 bits per heavy atom. The summed E-state index contributed by atoms with van der Waals surface area (Å²) in [6, 6.07) is 0. The van der Waals surface area contributed by atoms with Crippen LogP contribution in [0, 0.1) is 0 Å². The van der Waals surface area contributed by atoms with E-state index in [1.807, 2.05) is 0 Å². The molecule has 0 aromatic carbocycles. The van der Waals surface area contributed by atoms with Gasteiger partial charge in [0.05, 0.1) is 17.5 Å². The van der Waals surface area contributed by atoms with E-state index in [2.05, 4.69) is 0 Å². The molecule has 0 aromatic heterocycles. The summed E-state index contributed by atoms with van der Waals surface area (Å²) in [5, 5.41) is -0.664. The Morgan fingerprint density at radius 2 is 1.73 bits per heavy atom. The summed E-state index contributed by atoms with van der Waals surface area (Å²) in [5.74, 6) is -0.501. The van der Waals surface area contributed by atoms with Crippen LogP contribution in [0.5, 0.6) is 0 Å². The molecule has 2 unspecified atom stereocenters. The minimum atomic E-state index is -4.66. The van der Waals surface area contributed by atoms with Gasteiger partial charge < -0.3 is 4.74 Å². The van der Waals surface area contributed by atoms with Crippen LogP contribution in [0.3, 0.4) is 0 Å². The number of alkyl halides is 3. The molecule has 0 spiro atoms. The maximum absolute atomic E-state index is 13.3. The van der Waals surface area contributed by atoms with Crippen LogP contribution < -0.4 is 0 Å². The lowest BCUT2D eigenvalue weighted by Crippen LogP contribution is -2.38. The number of sulfone groups is 1. The van der Waals surface area contributed by atoms with Crippen molar-refractivity contribution < 1.29 is 31.1 Å². The minimum absolute atomic E-state index is 0.00125. The molecule has 8 heteroatoms. The van der Waals surface area contributed by atoms with Crippen LogP contribution in [0.1, 0.15) is 46.0 Å². The van der Waals surface area contributed by atoms with E-state index in [0.717, 1.165) is 6.08 Å². The number of rotatable bonds is 2. The Morgan fingerprint density at radius 3 is 2.31 bits per heavy atom. The molecule has 3 aliphatic rings. The van der Waals surface area contributed by atoms with E-state index in [-0.39, 0.29) is 41.1 Å². The predicted molar refractivity (Wildman–Crippen MR) is 90.1 cm³/mol. The number of carbonyl (C=O) groups excluding carboxylic acids is 1. The van der Waals surface area contributed by atoms with E-state index in [0.29, 0.717) is 12.8 Å². The molecule has 2 aliphatic carbocycles. The third-order valence-corrected chi connectivity index (χ3v) is 7.37. The summed E-state index contributed by atoms with van der Waals surface area (Å²) in [4.78, 5) is 11.6. The molecule has 26 heavy (non-hydrogen) atoms. The molecule has 4 nitrogen and oxygen atoms in total. The Bertz CT molecular complexity index is 808. The summed E-state index contributed by atoms with van der Waals surface area (Å²) >= 11 is 0. The lowest BCUT2D eigenvalue weighted by molar-refractivity contribution is -0.123. The van der Waals surface area contributed by atoms with Crippen LogP contribution in [-0.4, -0.2) is 37.8 Å². The Labute approximate surface area is 150 Å². The van der Waals surface area contributed by atoms with Gasteiger partial charge in [-0.05, 0) is 43.9 Å². The van der Waals surface area contributed by atoms with Crippen molar-refractivity contribution in [3.8, 4) is 0 Å². The fourth-order valence-corrected chi connectivity index (χ4v) is 6.00. The SMILES string of the molecule is CC1CC(S(=O)(=O)C2=CC3=C(C(F)(F)F)CC(=O)CC3=CC2)CC(C)O1. The Hall–Kier alpha value is -1.41. The van der Waals surface area contributed by atoms with E-state index in [4.69, 9.17) is 4.74 Å². The fourth-order valence-electron chi connectivity index (χ4n) is 3.92. The van der Waals surface area contributed by atoms with Gasteiger partial charge in [-0.15, -0.1) is 0 Å².